The molecule has 1 heterocycles. The van der Waals surface area contributed by atoms with Crippen LogP contribution in [0.5, 0.6) is 0 Å². The molecule has 0 aromatic carbocycles. The molecule has 0 spiro atoms. The number of hydrogen-bond acceptors (Lipinski definition) is 4. The van der Waals surface area contributed by atoms with Gasteiger partial charge in [-0.1, -0.05) is 0 Å². The number of rotatable bonds is 2. The van der Waals surface area contributed by atoms with Gasteiger partial charge in [-0.15, -0.1) is 0 Å². The van der Waals surface area contributed by atoms with Crippen molar-refractivity contribution >= 4 is 11.9 Å². The third-order valence-electron chi connectivity index (χ3n) is 3.29. The lowest BCUT2D eigenvalue weighted by Gasteiger charge is -2.43. The minimum atomic E-state index is -0.810. The van der Waals surface area contributed by atoms with E-state index in [1.807, 2.05) is 20.8 Å². The van der Waals surface area contributed by atoms with E-state index in [9.17, 15) is 9.59 Å². The van der Waals surface area contributed by atoms with Crippen LogP contribution in [0.3, 0.4) is 0 Å². The second kappa shape index (κ2) is 5.26. The highest BCUT2D eigenvalue weighted by Gasteiger charge is 2.44. The zero-order valence-electron chi connectivity index (χ0n) is 11.8. The normalized spacial score (nSPS) is 24.8. The van der Waals surface area contributed by atoms with E-state index < -0.39 is 17.2 Å². The zero-order valence-corrected chi connectivity index (χ0v) is 11.8. The largest absolute Gasteiger partial charge is 0.444 e. The standard InChI is InChI=1S/C13H24N2O3/c1-12(2,3)18-11(17)15-8-6-5-7-13(15,4)10(16)9-14/h5-9,14H2,1-4H3. The number of piperidine rings is 1. The second-order valence-corrected chi connectivity index (χ2v) is 5.99. The number of ketones is 1. The average Bonchev–Trinajstić information content (AvgIpc) is 2.26. The fourth-order valence-corrected chi connectivity index (χ4v) is 2.24. The third-order valence-corrected chi connectivity index (χ3v) is 3.29. The molecule has 0 aromatic rings. The number of nitrogens with two attached hydrogens (primary N) is 1. The molecular weight excluding hydrogens is 232 g/mol. The maximum atomic E-state index is 12.2. The van der Waals surface area contributed by atoms with Crippen molar-refractivity contribution in [1.29, 1.82) is 0 Å². The van der Waals surface area contributed by atoms with Crippen LogP contribution < -0.4 is 5.73 Å². The Morgan fingerprint density at radius 2 is 1.94 bits per heavy atom. The summed E-state index contributed by atoms with van der Waals surface area (Å²) in [5.74, 6) is -0.104. The number of likely N-dealkylation sites (tertiary alicyclic amines) is 1. The van der Waals surface area contributed by atoms with Crippen molar-refractivity contribution in [2.45, 2.75) is 58.1 Å². The van der Waals surface area contributed by atoms with Gasteiger partial charge in [-0.2, -0.15) is 0 Å². The predicted octanol–water partition coefficient (Wildman–Crippen LogP) is 1.69. The second-order valence-electron chi connectivity index (χ2n) is 5.99. The first-order chi connectivity index (χ1) is 8.20. The molecule has 18 heavy (non-hydrogen) atoms. The summed E-state index contributed by atoms with van der Waals surface area (Å²) in [6, 6.07) is 0. The highest BCUT2D eigenvalue weighted by Crippen LogP contribution is 2.30. The Labute approximate surface area is 109 Å². The zero-order chi connectivity index (χ0) is 14.0. The number of nitrogens with zero attached hydrogens (tertiary/aromatic N) is 1. The summed E-state index contributed by atoms with van der Waals surface area (Å²) >= 11 is 0. The lowest BCUT2D eigenvalue weighted by atomic mass is 9.85. The van der Waals surface area contributed by atoms with Crippen LogP contribution in [-0.2, 0) is 9.53 Å². The van der Waals surface area contributed by atoms with Crippen molar-refractivity contribution in [3.05, 3.63) is 0 Å². The summed E-state index contributed by atoms with van der Waals surface area (Å²) in [6.45, 7) is 7.74. The topological polar surface area (TPSA) is 72.6 Å². The van der Waals surface area contributed by atoms with Gasteiger partial charge < -0.3 is 10.5 Å². The van der Waals surface area contributed by atoms with Crippen molar-refractivity contribution in [3.8, 4) is 0 Å². The average molecular weight is 256 g/mol. The lowest BCUT2D eigenvalue weighted by molar-refractivity contribution is -0.130. The Balaban J connectivity index is 2.89. The molecule has 1 fully saturated rings. The van der Waals surface area contributed by atoms with Crippen LogP contribution >= 0.6 is 0 Å². The SMILES string of the molecule is CC(C)(C)OC(=O)N1CCCCC1(C)C(=O)CN. The lowest BCUT2D eigenvalue weighted by Crippen LogP contribution is -2.59. The van der Waals surface area contributed by atoms with E-state index in [1.165, 1.54) is 4.90 Å². The van der Waals surface area contributed by atoms with E-state index in [-0.39, 0.29) is 12.3 Å². The molecule has 0 radical (unpaired) electrons. The van der Waals surface area contributed by atoms with Gasteiger partial charge in [0.15, 0.2) is 5.78 Å². The molecule has 1 unspecified atom stereocenters. The summed E-state index contributed by atoms with van der Waals surface area (Å²) in [6.07, 6.45) is 2.06. The molecule has 5 nitrogen and oxygen atoms in total. The summed E-state index contributed by atoms with van der Waals surface area (Å²) in [4.78, 5) is 25.7. The minimum Gasteiger partial charge on any atom is -0.444 e. The van der Waals surface area contributed by atoms with Gasteiger partial charge >= 0.3 is 6.09 Å². The first-order valence-electron chi connectivity index (χ1n) is 6.45. The number of carbonyl (C=O) groups is 2. The number of carbonyl (C=O) groups excluding carboxylic acids is 2. The van der Waals surface area contributed by atoms with Gasteiger partial charge in [0.05, 0.1) is 6.54 Å². The summed E-state index contributed by atoms with van der Waals surface area (Å²) in [5.41, 5.74) is 4.08. The van der Waals surface area contributed by atoms with Crippen molar-refractivity contribution in [1.82, 2.24) is 4.90 Å². The Morgan fingerprint density at radius 3 is 2.44 bits per heavy atom. The van der Waals surface area contributed by atoms with Gasteiger partial charge in [0.25, 0.3) is 0 Å². The number of amides is 1. The molecule has 1 aliphatic rings. The van der Waals surface area contributed by atoms with Crippen LogP contribution in [0.2, 0.25) is 0 Å². The molecule has 1 aliphatic heterocycles. The van der Waals surface area contributed by atoms with Crippen molar-refractivity contribution < 1.29 is 14.3 Å². The van der Waals surface area contributed by atoms with Crippen LogP contribution in [0.4, 0.5) is 4.79 Å². The van der Waals surface area contributed by atoms with Crippen LogP contribution in [-0.4, -0.2) is 41.0 Å². The number of hydrogen-bond donors (Lipinski definition) is 1. The molecule has 1 amide bonds. The predicted molar refractivity (Wildman–Crippen MR) is 69.3 cm³/mol. The van der Waals surface area contributed by atoms with Crippen molar-refractivity contribution in [3.63, 3.8) is 0 Å². The van der Waals surface area contributed by atoms with Crippen molar-refractivity contribution in [2.75, 3.05) is 13.1 Å². The van der Waals surface area contributed by atoms with Gasteiger partial charge in [0, 0.05) is 6.54 Å². The summed E-state index contributed by atoms with van der Waals surface area (Å²) in [7, 11) is 0. The number of ether oxygens (including phenoxy) is 1. The molecule has 0 aliphatic carbocycles. The maximum absolute atomic E-state index is 12.2. The Hall–Kier alpha value is -1.10. The van der Waals surface area contributed by atoms with E-state index in [4.69, 9.17) is 10.5 Å². The Kier molecular flexibility index (Phi) is 4.37. The van der Waals surface area contributed by atoms with Gasteiger partial charge in [0.1, 0.15) is 11.1 Å². The smallest absolute Gasteiger partial charge is 0.411 e. The fraction of sp³-hybridized carbons (Fsp3) is 0.846. The molecule has 1 rings (SSSR count). The fourth-order valence-electron chi connectivity index (χ4n) is 2.24. The quantitative estimate of drug-likeness (QED) is 0.816. The molecule has 104 valence electrons. The summed E-state index contributed by atoms with van der Waals surface area (Å²) in [5, 5.41) is 0. The minimum absolute atomic E-state index is 0.0458. The maximum Gasteiger partial charge on any atom is 0.411 e. The van der Waals surface area contributed by atoms with Gasteiger partial charge in [0.2, 0.25) is 0 Å². The van der Waals surface area contributed by atoms with Crippen LogP contribution in [0.1, 0.15) is 47.0 Å². The van der Waals surface area contributed by atoms with Crippen molar-refractivity contribution in [2.24, 2.45) is 5.73 Å². The van der Waals surface area contributed by atoms with E-state index >= 15 is 0 Å². The van der Waals surface area contributed by atoms with Crippen LogP contribution in [0.15, 0.2) is 0 Å². The molecule has 1 saturated heterocycles. The van der Waals surface area contributed by atoms with Gasteiger partial charge in [-0.25, -0.2) is 4.79 Å². The third kappa shape index (κ3) is 3.22. The van der Waals surface area contributed by atoms with Crippen LogP contribution in [0.25, 0.3) is 0 Å². The highest BCUT2D eigenvalue weighted by atomic mass is 16.6. The van der Waals surface area contributed by atoms with E-state index in [1.54, 1.807) is 6.92 Å². The summed E-state index contributed by atoms with van der Waals surface area (Å²) < 4.78 is 5.36. The molecule has 1 atom stereocenters. The molecule has 2 N–H and O–H groups in total. The molecule has 0 saturated carbocycles. The first-order valence-corrected chi connectivity index (χ1v) is 6.45. The monoisotopic (exact) mass is 256 g/mol. The molecular formula is C13H24N2O3. The van der Waals surface area contributed by atoms with Gasteiger partial charge in [-0.05, 0) is 47.0 Å². The van der Waals surface area contributed by atoms with E-state index in [2.05, 4.69) is 0 Å². The first kappa shape index (κ1) is 15.0. The Morgan fingerprint density at radius 1 is 1.33 bits per heavy atom. The highest BCUT2D eigenvalue weighted by molar-refractivity contribution is 5.92. The van der Waals surface area contributed by atoms with E-state index in [0.29, 0.717) is 13.0 Å². The van der Waals surface area contributed by atoms with E-state index in [0.717, 1.165) is 12.8 Å². The molecule has 0 aromatic heterocycles. The number of Topliss-reactive ketones (excluding diaryl/α,β-unsaturated/α-hetero) is 1. The molecule has 5 heteroatoms. The molecule has 0 bridgehead atoms. The Bertz CT molecular complexity index is 336. The van der Waals surface area contributed by atoms with Gasteiger partial charge in [-0.3, -0.25) is 9.69 Å². The van der Waals surface area contributed by atoms with Crippen LogP contribution in [0, 0.1) is 0 Å².